The molecule has 0 spiro atoms. The number of carbonyl (C=O) groups excluding carboxylic acids is 1. The largest absolute Gasteiger partial charge is 0.457 e. The van der Waals surface area contributed by atoms with Gasteiger partial charge in [-0.1, -0.05) is 0 Å². The van der Waals surface area contributed by atoms with E-state index in [9.17, 15) is 13.6 Å². The summed E-state index contributed by atoms with van der Waals surface area (Å²) in [6.45, 7) is 1.73. The molecule has 3 rings (SSSR count). The lowest BCUT2D eigenvalue weighted by Gasteiger charge is -2.08. The highest BCUT2D eigenvalue weighted by Crippen LogP contribution is 2.28. The zero-order chi connectivity index (χ0) is 17.6. The number of hydrogen-bond donors (Lipinski definition) is 1. The van der Waals surface area contributed by atoms with Crippen molar-refractivity contribution in [1.82, 2.24) is 5.32 Å². The van der Waals surface area contributed by atoms with E-state index in [0.29, 0.717) is 30.4 Å². The Kier molecular flexibility index (Phi) is 5.60. The molecule has 25 heavy (non-hydrogen) atoms. The van der Waals surface area contributed by atoms with Crippen molar-refractivity contribution in [3.05, 3.63) is 59.7 Å². The minimum atomic E-state index is -0.975. The fraction of sp³-hybridized carbons (Fsp3) is 0.316. The Balaban J connectivity index is 1.46. The van der Waals surface area contributed by atoms with Gasteiger partial charge in [-0.05, 0) is 55.2 Å². The Morgan fingerprint density at radius 3 is 2.44 bits per heavy atom. The molecule has 1 aliphatic rings. The standard InChI is InChI=1S/C19H19F2NO3/c20-17-8-7-16(11-18(17)21)25-15-5-3-14(4-6-15)19(23)22-9-10-24-12-13-1-2-13/h3-8,11,13H,1-2,9-10,12H2,(H,22,23). The molecule has 0 heterocycles. The summed E-state index contributed by atoms with van der Waals surface area (Å²) in [7, 11) is 0. The van der Waals surface area contributed by atoms with Gasteiger partial charge in [-0.2, -0.15) is 0 Å². The third kappa shape index (κ3) is 5.26. The van der Waals surface area contributed by atoms with Crippen molar-refractivity contribution >= 4 is 5.91 Å². The second kappa shape index (κ2) is 8.07. The Labute approximate surface area is 144 Å². The van der Waals surface area contributed by atoms with E-state index in [2.05, 4.69) is 5.32 Å². The van der Waals surface area contributed by atoms with Crippen LogP contribution in [0, 0.1) is 17.6 Å². The zero-order valence-electron chi connectivity index (χ0n) is 13.6. The summed E-state index contributed by atoms with van der Waals surface area (Å²) in [5, 5.41) is 2.78. The molecule has 1 aliphatic carbocycles. The van der Waals surface area contributed by atoms with Gasteiger partial charge >= 0.3 is 0 Å². The molecular weight excluding hydrogens is 328 g/mol. The summed E-state index contributed by atoms with van der Waals surface area (Å²) in [4.78, 5) is 12.0. The number of amides is 1. The van der Waals surface area contributed by atoms with E-state index in [1.165, 1.54) is 18.9 Å². The fourth-order valence-corrected chi connectivity index (χ4v) is 2.22. The number of rotatable bonds is 8. The van der Waals surface area contributed by atoms with E-state index in [1.54, 1.807) is 24.3 Å². The Morgan fingerprint density at radius 1 is 1.04 bits per heavy atom. The highest BCUT2D eigenvalue weighted by molar-refractivity contribution is 5.94. The van der Waals surface area contributed by atoms with Crippen LogP contribution in [0.25, 0.3) is 0 Å². The van der Waals surface area contributed by atoms with Gasteiger partial charge in [0, 0.05) is 24.8 Å². The maximum Gasteiger partial charge on any atom is 0.251 e. The number of hydrogen-bond acceptors (Lipinski definition) is 3. The van der Waals surface area contributed by atoms with Crippen LogP contribution < -0.4 is 10.1 Å². The van der Waals surface area contributed by atoms with E-state index in [1.807, 2.05) is 0 Å². The van der Waals surface area contributed by atoms with Crippen molar-refractivity contribution in [3.63, 3.8) is 0 Å². The van der Waals surface area contributed by atoms with E-state index in [-0.39, 0.29) is 11.7 Å². The lowest BCUT2D eigenvalue weighted by Crippen LogP contribution is -2.27. The van der Waals surface area contributed by atoms with E-state index >= 15 is 0 Å². The Morgan fingerprint density at radius 2 is 1.76 bits per heavy atom. The molecule has 1 fully saturated rings. The maximum atomic E-state index is 13.2. The molecule has 4 nitrogen and oxygen atoms in total. The average molecular weight is 347 g/mol. The Hall–Kier alpha value is -2.47. The minimum Gasteiger partial charge on any atom is -0.457 e. The molecule has 0 aromatic heterocycles. The number of benzene rings is 2. The van der Waals surface area contributed by atoms with E-state index in [4.69, 9.17) is 9.47 Å². The normalized spacial score (nSPS) is 13.5. The maximum absolute atomic E-state index is 13.2. The lowest BCUT2D eigenvalue weighted by molar-refractivity contribution is 0.0906. The van der Waals surface area contributed by atoms with Gasteiger partial charge in [0.1, 0.15) is 11.5 Å². The van der Waals surface area contributed by atoms with Gasteiger partial charge in [0.2, 0.25) is 0 Å². The van der Waals surface area contributed by atoms with Crippen molar-refractivity contribution in [2.24, 2.45) is 5.92 Å². The van der Waals surface area contributed by atoms with Crippen molar-refractivity contribution in [3.8, 4) is 11.5 Å². The molecule has 6 heteroatoms. The number of ether oxygens (including phenoxy) is 2. The molecule has 0 radical (unpaired) electrons. The van der Waals surface area contributed by atoms with Gasteiger partial charge in [-0.25, -0.2) is 8.78 Å². The zero-order valence-corrected chi connectivity index (χ0v) is 13.6. The van der Waals surface area contributed by atoms with Gasteiger partial charge in [-0.3, -0.25) is 4.79 Å². The van der Waals surface area contributed by atoms with Crippen LogP contribution in [0.5, 0.6) is 11.5 Å². The van der Waals surface area contributed by atoms with Crippen molar-refractivity contribution in [1.29, 1.82) is 0 Å². The minimum absolute atomic E-state index is 0.184. The van der Waals surface area contributed by atoms with Crippen LogP contribution in [0.15, 0.2) is 42.5 Å². The first-order valence-electron chi connectivity index (χ1n) is 8.21. The molecule has 0 bridgehead atoms. The molecule has 0 atom stereocenters. The quantitative estimate of drug-likeness (QED) is 0.737. The SMILES string of the molecule is O=C(NCCOCC1CC1)c1ccc(Oc2ccc(F)c(F)c2)cc1. The summed E-state index contributed by atoms with van der Waals surface area (Å²) in [5.74, 6) is -0.788. The first-order valence-corrected chi connectivity index (χ1v) is 8.21. The molecule has 0 aliphatic heterocycles. The van der Waals surface area contributed by atoms with Crippen LogP contribution in [-0.2, 0) is 4.74 Å². The van der Waals surface area contributed by atoms with Crippen molar-refractivity contribution < 1.29 is 23.0 Å². The molecule has 1 N–H and O–H groups in total. The van der Waals surface area contributed by atoms with Crippen molar-refractivity contribution in [2.75, 3.05) is 19.8 Å². The number of carbonyl (C=O) groups is 1. The second-order valence-corrected chi connectivity index (χ2v) is 5.98. The van der Waals surface area contributed by atoms with Crippen LogP contribution in [-0.4, -0.2) is 25.7 Å². The van der Waals surface area contributed by atoms with Gasteiger partial charge in [0.25, 0.3) is 5.91 Å². The van der Waals surface area contributed by atoms with Crippen LogP contribution in [0.4, 0.5) is 8.78 Å². The molecule has 2 aromatic carbocycles. The third-order valence-electron chi connectivity index (χ3n) is 3.83. The predicted octanol–water partition coefficient (Wildman–Crippen LogP) is 3.91. The highest BCUT2D eigenvalue weighted by atomic mass is 19.2. The number of nitrogens with one attached hydrogen (secondary N) is 1. The van der Waals surface area contributed by atoms with Crippen LogP contribution in [0.1, 0.15) is 23.2 Å². The predicted molar refractivity (Wildman–Crippen MR) is 88.8 cm³/mol. The third-order valence-corrected chi connectivity index (χ3v) is 3.83. The van der Waals surface area contributed by atoms with Crippen LogP contribution >= 0.6 is 0 Å². The molecule has 0 unspecified atom stereocenters. The summed E-state index contributed by atoms with van der Waals surface area (Å²) >= 11 is 0. The molecule has 1 amide bonds. The van der Waals surface area contributed by atoms with Crippen molar-refractivity contribution in [2.45, 2.75) is 12.8 Å². The fourth-order valence-electron chi connectivity index (χ4n) is 2.22. The molecule has 2 aromatic rings. The summed E-state index contributed by atoms with van der Waals surface area (Å²) in [6.07, 6.45) is 2.48. The monoisotopic (exact) mass is 347 g/mol. The first kappa shape index (κ1) is 17.4. The molecule has 132 valence electrons. The van der Waals surface area contributed by atoms with Gasteiger partial charge in [0.05, 0.1) is 6.61 Å². The van der Waals surface area contributed by atoms with Gasteiger partial charge < -0.3 is 14.8 Å². The van der Waals surface area contributed by atoms with Gasteiger partial charge in [-0.15, -0.1) is 0 Å². The number of halogens is 2. The summed E-state index contributed by atoms with van der Waals surface area (Å²) in [6, 6.07) is 9.71. The molecule has 0 saturated heterocycles. The highest BCUT2D eigenvalue weighted by Gasteiger charge is 2.20. The summed E-state index contributed by atoms with van der Waals surface area (Å²) < 4.78 is 36.9. The average Bonchev–Trinajstić information content (AvgIpc) is 3.43. The smallest absolute Gasteiger partial charge is 0.251 e. The topological polar surface area (TPSA) is 47.6 Å². The van der Waals surface area contributed by atoms with Gasteiger partial charge in [0.15, 0.2) is 11.6 Å². The van der Waals surface area contributed by atoms with Crippen LogP contribution in [0.3, 0.4) is 0 Å². The molecular formula is C19H19F2NO3. The van der Waals surface area contributed by atoms with Crippen LogP contribution in [0.2, 0.25) is 0 Å². The first-order chi connectivity index (χ1) is 12.1. The molecule has 1 saturated carbocycles. The lowest BCUT2D eigenvalue weighted by atomic mass is 10.2. The Bertz CT molecular complexity index is 730. The van der Waals surface area contributed by atoms with E-state index in [0.717, 1.165) is 18.7 Å². The summed E-state index contributed by atoms with van der Waals surface area (Å²) in [5.41, 5.74) is 0.486. The second-order valence-electron chi connectivity index (χ2n) is 5.98. The van der Waals surface area contributed by atoms with E-state index < -0.39 is 11.6 Å².